The third-order valence-electron chi connectivity index (χ3n) is 4.64. The molecular formula is C20H18BrN5O2. The number of nitrogens with zero attached hydrogens (tertiary/aromatic N) is 5. The minimum absolute atomic E-state index is 0.242. The van der Waals surface area contributed by atoms with E-state index in [0.717, 1.165) is 33.0 Å². The highest BCUT2D eigenvalue weighted by Gasteiger charge is 2.29. The van der Waals surface area contributed by atoms with Gasteiger partial charge in [0.05, 0.1) is 24.2 Å². The van der Waals surface area contributed by atoms with E-state index in [1.165, 1.54) is 7.11 Å². The maximum absolute atomic E-state index is 11.7. The van der Waals surface area contributed by atoms with Crippen molar-refractivity contribution in [2.75, 3.05) is 7.11 Å². The third kappa shape index (κ3) is 3.35. The second-order valence-electron chi connectivity index (χ2n) is 6.43. The molecule has 1 aliphatic heterocycles. The highest BCUT2D eigenvalue weighted by atomic mass is 79.9. The molecule has 1 atom stereocenters. The number of hydrogen-bond acceptors (Lipinski definition) is 6. The van der Waals surface area contributed by atoms with Crippen molar-refractivity contribution < 1.29 is 9.53 Å². The Balaban J connectivity index is 1.93. The van der Waals surface area contributed by atoms with E-state index in [-0.39, 0.29) is 18.4 Å². The second-order valence-corrected chi connectivity index (χ2v) is 7.34. The molecule has 1 unspecified atom stereocenters. The molecule has 0 aliphatic carbocycles. The molecule has 8 heteroatoms. The minimum Gasteiger partial charge on any atom is -0.469 e. The number of carbonyl (C=O) groups is 1. The average molecular weight is 440 g/mol. The summed E-state index contributed by atoms with van der Waals surface area (Å²) in [5, 5.41) is 8.63. The SMILES string of the molecule is COC(=O)CCC1N=C(c2ccccn2)c2cc(Br)ccc2-n2c(C)nnc21. The Labute approximate surface area is 170 Å². The number of ether oxygens (including phenoxy) is 1. The molecule has 0 amide bonds. The molecule has 7 nitrogen and oxygen atoms in total. The first-order valence-electron chi connectivity index (χ1n) is 8.86. The van der Waals surface area contributed by atoms with E-state index < -0.39 is 0 Å². The van der Waals surface area contributed by atoms with E-state index in [9.17, 15) is 4.79 Å². The van der Waals surface area contributed by atoms with Crippen molar-refractivity contribution >= 4 is 27.6 Å². The van der Waals surface area contributed by atoms with Gasteiger partial charge in [-0.3, -0.25) is 19.3 Å². The molecule has 0 spiro atoms. The van der Waals surface area contributed by atoms with Crippen molar-refractivity contribution in [1.82, 2.24) is 19.7 Å². The normalized spacial score (nSPS) is 15.2. The lowest BCUT2D eigenvalue weighted by molar-refractivity contribution is -0.140. The molecule has 1 aromatic carbocycles. The Morgan fingerprint density at radius 1 is 1.25 bits per heavy atom. The molecular weight excluding hydrogens is 422 g/mol. The van der Waals surface area contributed by atoms with Gasteiger partial charge in [-0.1, -0.05) is 22.0 Å². The van der Waals surface area contributed by atoms with Gasteiger partial charge < -0.3 is 4.74 Å². The number of halogens is 1. The molecule has 0 bridgehead atoms. The minimum atomic E-state index is -0.344. The molecule has 3 aromatic rings. The summed E-state index contributed by atoms with van der Waals surface area (Å²) in [6.07, 6.45) is 2.46. The summed E-state index contributed by atoms with van der Waals surface area (Å²) < 4.78 is 7.75. The smallest absolute Gasteiger partial charge is 0.305 e. The fourth-order valence-electron chi connectivity index (χ4n) is 3.33. The molecule has 1 aliphatic rings. The second kappa shape index (κ2) is 7.63. The van der Waals surface area contributed by atoms with Crippen LogP contribution in [0.25, 0.3) is 5.69 Å². The number of rotatable bonds is 4. The fourth-order valence-corrected chi connectivity index (χ4v) is 3.69. The van der Waals surface area contributed by atoms with Gasteiger partial charge in [0.1, 0.15) is 11.9 Å². The van der Waals surface area contributed by atoms with E-state index in [2.05, 4.69) is 31.1 Å². The summed E-state index contributed by atoms with van der Waals surface area (Å²) in [6, 6.07) is 11.4. The van der Waals surface area contributed by atoms with E-state index in [1.807, 2.05) is 47.9 Å². The van der Waals surface area contributed by atoms with Crippen LogP contribution in [0.5, 0.6) is 0 Å². The zero-order valence-electron chi connectivity index (χ0n) is 15.5. The fraction of sp³-hybridized carbons (Fsp3) is 0.250. The number of carbonyl (C=O) groups excluding carboxylic acids is 1. The third-order valence-corrected chi connectivity index (χ3v) is 5.14. The predicted molar refractivity (Wildman–Crippen MR) is 108 cm³/mol. The summed E-state index contributed by atoms with van der Waals surface area (Å²) in [5.74, 6) is 1.19. The topological polar surface area (TPSA) is 82.3 Å². The van der Waals surface area contributed by atoms with Crippen LogP contribution in [0, 0.1) is 6.92 Å². The summed E-state index contributed by atoms with van der Waals surface area (Å²) in [6.45, 7) is 1.91. The van der Waals surface area contributed by atoms with Gasteiger partial charge in [0, 0.05) is 22.7 Å². The van der Waals surface area contributed by atoms with Gasteiger partial charge in [0.25, 0.3) is 0 Å². The lowest BCUT2D eigenvalue weighted by atomic mass is 10.0. The van der Waals surface area contributed by atoms with Crippen LogP contribution in [-0.4, -0.2) is 38.5 Å². The van der Waals surface area contributed by atoms with Crippen LogP contribution in [0.3, 0.4) is 0 Å². The zero-order valence-corrected chi connectivity index (χ0v) is 17.0. The highest BCUT2D eigenvalue weighted by molar-refractivity contribution is 9.10. The number of aromatic nitrogens is 4. The maximum Gasteiger partial charge on any atom is 0.305 e. The predicted octanol–water partition coefficient (Wildman–Crippen LogP) is 3.58. The van der Waals surface area contributed by atoms with Crippen LogP contribution >= 0.6 is 15.9 Å². The van der Waals surface area contributed by atoms with Crippen LogP contribution in [0.4, 0.5) is 0 Å². The molecule has 3 heterocycles. The number of pyridine rings is 1. The summed E-state index contributed by atoms with van der Waals surface area (Å²) in [4.78, 5) is 21.2. The van der Waals surface area contributed by atoms with Crippen molar-refractivity contribution in [1.29, 1.82) is 0 Å². The Kier molecular flexibility index (Phi) is 5.04. The van der Waals surface area contributed by atoms with Gasteiger partial charge in [-0.05, 0) is 43.7 Å². The van der Waals surface area contributed by atoms with Crippen LogP contribution in [0.2, 0.25) is 0 Å². The first kappa shape index (κ1) is 18.5. The standard InChI is InChI=1S/C20H18BrN5O2/c1-12-24-25-20-16(7-9-18(27)28-2)23-19(15-5-3-4-10-22-15)14-11-13(21)6-8-17(14)26(12)20/h3-6,8,10-11,16H,7,9H2,1-2H3. The first-order chi connectivity index (χ1) is 13.6. The van der Waals surface area contributed by atoms with E-state index in [1.54, 1.807) is 6.20 Å². The zero-order chi connectivity index (χ0) is 19.7. The number of hydrogen-bond donors (Lipinski definition) is 0. The van der Waals surface area contributed by atoms with Gasteiger partial charge >= 0.3 is 5.97 Å². The van der Waals surface area contributed by atoms with Crippen molar-refractivity contribution in [3.8, 4) is 5.69 Å². The van der Waals surface area contributed by atoms with Crippen LogP contribution in [0.15, 0.2) is 52.1 Å². The molecule has 0 fully saturated rings. The molecule has 28 heavy (non-hydrogen) atoms. The van der Waals surface area contributed by atoms with Crippen molar-refractivity contribution in [2.45, 2.75) is 25.8 Å². The Morgan fingerprint density at radius 2 is 2.11 bits per heavy atom. The lowest BCUT2D eigenvalue weighted by Crippen LogP contribution is -2.09. The van der Waals surface area contributed by atoms with E-state index in [0.29, 0.717) is 12.2 Å². The molecule has 142 valence electrons. The lowest BCUT2D eigenvalue weighted by Gasteiger charge is -2.12. The maximum atomic E-state index is 11.7. The number of methoxy groups -OCH3 is 1. The van der Waals surface area contributed by atoms with Gasteiger partial charge in [0.15, 0.2) is 5.82 Å². The first-order valence-corrected chi connectivity index (χ1v) is 9.66. The summed E-state index contributed by atoms with van der Waals surface area (Å²) >= 11 is 3.56. The number of aliphatic imine (C=N–C) groups is 1. The molecule has 2 aromatic heterocycles. The molecule has 0 N–H and O–H groups in total. The molecule has 4 rings (SSSR count). The van der Waals surface area contributed by atoms with Crippen molar-refractivity contribution in [3.63, 3.8) is 0 Å². The summed E-state index contributed by atoms with van der Waals surface area (Å²) in [7, 11) is 1.39. The van der Waals surface area contributed by atoms with E-state index >= 15 is 0 Å². The van der Waals surface area contributed by atoms with Crippen LogP contribution in [-0.2, 0) is 9.53 Å². The highest BCUT2D eigenvalue weighted by Crippen LogP contribution is 2.34. The Bertz CT molecular complexity index is 1060. The van der Waals surface area contributed by atoms with Gasteiger partial charge in [-0.2, -0.15) is 0 Å². The summed E-state index contributed by atoms with van der Waals surface area (Å²) in [5.41, 5.74) is 3.39. The number of esters is 1. The molecule has 0 radical (unpaired) electrons. The van der Waals surface area contributed by atoms with Crippen molar-refractivity contribution in [3.05, 3.63) is 70.0 Å². The monoisotopic (exact) mass is 439 g/mol. The van der Waals surface area contributed by atoms with Crippen LogP contribution in [0.1, 0.15) is 41.8 Å². The Morgan fingerprint density at radius 3 is 2.86 bits per heavy atom. The number of fused-ring (bicyclic) bond motifs is 3. The van der Waals surface area contributed by atoms with Gasteiger partial charge in [-0.15, -0.1) is 10.2 Å². The van der Waals surface area contributed by atoms with Crippen LogP contribution < -0.4 is 0 Å². The Hall–Kier alpha value is -2.87. The number of aryl methyl sites for hydroxylation is 1. The number of benzene rings is 1. The average Bonchev–Trinajstić information content (AvgIpc) is 3.03. The van der Waals surface area contributed by atoms with Gasteiger partial charge in [-0.25, -0.2) is 0 Å². The molecule has 0 saturated heterocycles. The quantitative estimate of drug-likeness (QED) is 0.580. The molecule has 0 saturated carbocycles. The van der Waals surface area contributed by atoms with E-state index in [4.69, 9.17) is 9.73 Å². The van der Waals surface area contributed by atoms with Gasteiger partial charge in [0.2, 0.25) is 0 Å². The largest absolute Gasteiger partial charge is 0.469 e. The van der Waals surface area contributed by atoms with Crippen molar-refractivity contribution in [2.24, 2.45) is 4.99 Å².